The van der Waals surface area contributed by atoms with E-state index in [0.29, 0.717) is 12.2 Å². The third-order valence-electron chi connectivity index (χ3n) is 3.98. The zero-order valence-corrected chi connectivity index (χ0v) is 11.6. The molecule has 1 aliphatic heterocycles. The van der Waals surface area contributed by atoms with Crippen molar-refractivity contribution < 1.29 is 9.53 Å². The van der Waals surface area contributed by atoms with E-state index in [0.717, 1.165) is 16.9 Å². The Morgan fingerprint density at radius 3 is 2.60 bits per heavy atom. The smallest absolute Gasteiger partial charge is 0.251 e. The molecule has 0 saturated carbocycles. The summed E-state index contributed by atoms with van der Waals surface area (Å²) in [5.74, 6) is 0.729. The fourth-order valence-corrected chi connectivity index (χ4v) is 2.87. The summed E-state index contributed by atoms with van der Waals surface area (Å²) in [6.45, 7) is 2.68. The highest BCUT2D eigenvalue weighted by molar-refractivity contribution is 5.97. The first-order valence-corrected chi connectivity index (χ1v) is 6.71. The van der Waals surface area contributed by atoms with Crippen LogP contribution in [0.1, 0.15) is 28.4 Å². The number of rotatable bonds is 2. The Morgan fingerprint density at radius 1 is 1.15 bits per heavy atom. The summed E-state index contributed by atoms with van der Waals surface area (Å²) in [5, 5.41) is 2.71. The summed E-state index contributed by atoms with van der Waals surface area (Å²) < 4.78 is 5.82. The number of fused-ring (bicyclic) bond motifs is 1. The van der Waals surface area contributed by atoms with Crippen LogP contribution in [0, 0.1) is 0 Å². The minimum Gasteiger partial charge on any atom is -0.492 e. The molecule has 1 unspecified atom stereocenters. The largest absolute Gasteiger partial charge is 0.492 e. The van der Waals surface area contributed by atoms with Crippen LogP contribution in [0.3, 0.4) is 0 Å². The van der Waals surface area contributed by atoms with Gasteiger partial charge in [-0.25, -0.2) is 0 Å². The Balaban J connectivity index is 2.20. The van der Waals surface area contributed by atoms with Gasteiger partial charge in [-0.05, 0) is 24.6 Å². The van der Waals surface area contributed by atoms with E-state index in [1.165, 1.54) is 0 Å². The van der Waals surface area contributed by atoms with Crippen LogP contribution in [0.15, 0.2) is 48.5 Å². The standard InChI is InChI=1S/C17H17NO2/c1-17(12-7-4-3-5-8-12)11-20-14-10-6-9-13(15(14)17)16(19)18-2/h3-10H,11H2,1-2H3,(H,18,19). The van der Waals surface area contributed by atoms with Crippen molar-refractivity contribution in [2.45, 2.75) is 12.3 Å². The Hall–Kier alpha value is -2.29. The monoisotopic (exact) mass is 267 g/mol. The summed E-state index contributed by atoms with van der Waals surface area (Å²) in [5.41, 5.74) is 2.54. The van der Waals surface area contributed by atoms with E-state index in [2.05, 4.69) is 24.4 Å². The number of hydrogen-bond donors (Lipinski definition) is 1. The topological polar surface area (TPSA) is 38.3 Å². The molecule has 0 aromatic heterocycles. The van der Waals surface area contributed by atoms with Gasteiger partial charge in [0, 0.05) is 18.2 Å². The molecule has 2 aromatic rings. The van der Waals surface area contributed by atoms with Gasteiger partial charge < -0.3 is 10.1 Å². The lowest BCUT2D eigenvalue weighted by atomic mass is 9.76. The molecule has 1 atom stereocenters. The number of hydrogen-bond acceptors (Lipinski definition) is 2. The molecule has 0 aliphatic carbocycles. The first kappa shape index (κ1) is 12.7. The number of carbonyl (C=O) groups is 1. The molecule has 102 valence electrons. The highest BCUT2D eigenvalue weighted by Gasteiger charge is 2.40. The third kappa shape index (κ3) is 1.78. The van der Waals surface area contributed by atoms with Crippen LogP contribution < -0.4 is 10.1 Å². The van der Waals surface area contributed by atoms with Gasteiger partial charge in [0.25, 0.3) is 5.91 Å². The minimum atomic E-state index is -0.292. The SMILES string of the molecule is CNC(=O)c1cccc2c1C(C)(c1ccccc1)CO2. The molecule has 1 amide bonds. The average molecular weight is 267 g/mol. The summed E-state index contributed by atoms with van der Waals surface area (Å²) in [4.78, 5) is 12.1. The molecule has 0 fully saturated rings. The van der Waals surface area contributed by atoms with Crippen LogP contribution >= 0.6 is 0 Å². The predicted molar refractivity (Wildman–Crippen MR) is 78.2 cm³/mol. The number of carbonyl (C=O) groups excluding carboxylic acids is 1. The second-order valence-corrected chi connectivity index (χ2v) is 5.24. The highest BCUT2D eigenvalue weighted by atomic mass is 16.5. The summed E-state index contributed by atoms with van der Waals surface area (Å²) in [7, 11) is 1.65. The molecule has 3 rings (SSSR count). The zero-order chi connectivity index (χ0) is 14.2. The van der Waals surface area contributed by atoms with Crippen LogP contribution in [0.25, 0.3) is 0 Å². The van der Waals surface area contributed by atoms with Crippen molar-refractivity contribution in [3.63, 3.8) is 0 Å². The lowest BCUT2D eigenvalue weighted by Gasteiger charge is -2.25. The van der Waals surface area contributed by atoms with Crippen LogP contribution in [-0.2, 0) is 5.41 Å². The van der Waals surface area contributed by atoms with E-state index < -0.39 is 0 Å². The summed E-state index contributed by atoms with van der Waals surface area (Å²) >= 11 is 0. The molecule has 0 spiro atoms. The van der Waals surface area contributed by atoms with Crippen LogP contribution in [0.2, 0.25) is 0 Å². The summed E-state index contributed by atoms with van der Waals surface area (Å²) in [6.07, 6.45) is 0. The lowest BCUT2D eigenvalue weighted by Crippen LogP contribution is -2.29. The molecule has 2 aromatic carbocycles. The van der Waals surface area contributed by atoms with Crippen LogP contribution in [-0.4, -0.2) is 19.6 Å². The second kappa shape index (κ2) is 4.67. The van der Waals surface area contributed by atoms with Crippen molar-refractivity contribution in [1.82, 2.24) is 5.32 Å². The maximum atomic E-state index is 12.1. The molecular weight excluding hydrogens is 250 g/mol. The number of nitrogens with one attached hydrogen (secondary N) is 1. The van der Waals surface area contributed by atoms with Crippen molar-refractivity contribution in [2.24, 2.45) is 0 Å². The molecule has 0 radical (unpaired) electrons. The van der Waals surface area contributed by atoms with E-state index >= 15 is 0 Å². The Labute approximate surface area is 118 Å². The molecule has 1 heterocycles. The average Bonchev–Trinajstić information content (AvgIpc) is 2.86. The van der Waals surface area contributed by atoms with E-state index in [4.69, 9.17) is 4.74 Å². The van der Waals surface area contributed by atoms with Gasteiger partial charge in [-0.1, -0.05) is 36.4 Å². The van der Waals surface area contributed by atoms with Crippen molar-refractivity contribution in [2.75, 3.05) is 13.7 Å². The molecule has 0 saturated heterocycles. The highest BCUT2D eigenvalue weighted by Crippen LogP contribution is 2.44. The normalized spacial score (nSPS) is 20.1. The van der Waals surface area contributed by atoms with E-state index in [9.17, 15) is 4.79 Å². The van der Waals surface area contributed by atoms with Gasteiger partial charge in [0.1, 0.15) is 12.4 Å². The zero-order valence-electron chi connectivity index (χ0n) is 11.6. The Bertz CT molecular complexity index is 651. The van der Waals surface area contributed by atoms with E-state index in [1.54, 1.807) is 7.05 Å². The van der Waals surface area contributed by atoms with E-state index in [-0.39, 0.29) is 11.3 Å². The fourth-order valence-electron chi connectivity index (χ4n) is 2.87. The fraction of sp³-hybridized carbons (Fsp3) is 0.235. The van der Waals surface area contributed by atoms with Gasteiger partial charge in [-0.15, -0.1) is 0 Å². The Kier molecular flexibility index (Phi) is 2.97. The van der Waals surface area contributed by atoms with Gasteiger partial charge >= 0.3 is 0 Å². The molecule has 1 aliphatic rings. The first-order chi connectivity index (χ1) is 9.66. The molecule has 0 bridgehead atoms. The number of amides is 1. The maximum absolute atomic E-state index is 12.1. The molecular formula is C17H17NO2. The number of benzene rings is 2. The van der Waals surface area contributed by atoms with Crippen LogP contribution in [0.5, 0.6) is 5.75 Å². The molecule has 20 heavy (non-hydrogen) atoms. The summed E-state index contributed by atoms with van der Waals surface area (Å²) in [6, 6.07) is 15.8. The maximum Gasteiger partial charge on any atom is 0.251 e. The predicted octanol–water partition coefficient (Wildman–Crippen LogP) is 2.74. The first-order valence-electron chi connectivity index (χ1n) is 6.71. The molecule has 3 nitrogen and oxygen atoms in total. The van der Waals surface area contributed by atoms with E-state index in [1.807, 2.05) is 36.4 Å². The minimum absolute atomic E-state index is 0.0745. The van der Waals surface area contributed by atoms with Gasteiger partial charge in [0.05, 0.1) is 5.41 Å². The number of ether oxygens (including phenoxy) is 1. The molecule has 3 heteroatoms. The van der Waals surface area contributed by atoms with Gasteiger partial charge in [0.15, 0.2) is 0 Å². The quantitative estimate of drug-likeness (QED) is 0.908. The van der Waals surface area contributed by atoms with Gasteiger partial charge in [-0.3, -0.25) is 4.79 Å². The third-order valence-corrected chi connectivity index (χ3v) is 3.98. The van der Waals surface area contributed by atoms with Crippen molar-refractivity contribution in [3.8, 4) is 5.75 Å². The van der Waals surface area contributed by atoms with Crippen molar-refractivity contribution in [3.05, 3.63) is 65.2 Å². The lowest BCUT2D eigenvalue weighted by molar-refractivity contribution is 0.0961. The molecule has 1 N–H and O–H groups in total. The Morgan fingerprint density at radius 2 is 1.90 bits per heavy atom. The second-order valence-electron chi connectivity index (χ2n) is 5.24. The van der Waals surface area contributed by atoms with Crippen LogP contribution in [0.4, 0.5) is 0 Å². The van der Waals surface area contributed by atoms with Gasteiger partial charge in [-0.2, -0.15) is 0 Å². The van der Waals surface area contributed by atoms with Gasteiger partial charge in [0.2, 0.25) is 0 Å². The van der Waals surface area contributed by atoms with Crippen molar-refractivity contribution in [1.29, 1.82) is 0 Å². The van der Waals surface area contributed by atoms with Crippen molar-refractivity contribution >= 4 is 5.91 Å².